The van der Waals surface area contributed by atoms with E-state index in [0.29, 0.717) is 5.56 Å². The average molecular weight is 398 g/mol. The highest BCUT2D eigenvalue weighted by Gasteiger charge is 2.11. The van der Waals surface area contributed by atoms with Gasteiger partial charge in [-0.05, 0) is 70.9 Å². The largest absolute Gasteiger partial charge is 0.332 e. The minimum absolute atomic E-state index is 0.228. The second kappa shape index (κ2) is 8.63. The molecule has 0 saturated carbocycles. The van der Waals surface area contributed by atoms with Crippen LogP contribution in [-0.2, 0) is 6.42 Å². The SMILES string of the molecule is O=C(NC(=S)Nc1ccc(Cc2ccncc2)cc1)c1cccc2ccccc12. The van der Waals surface area contributed by atoms with Gasteiger partial charge in [0.25, 0.3) is 5.91 Å². The molecule has 0 spiro atoms. The Balaban J connectivity index is 1.39. The number of pyridine rings is 1. The van der Waals surface area contributed by atoms with Crippen molar-refractivity contribution in [3.8, 4) is 0 Å². The number of aromatic nitrogens is 1. The van der Waals surface area contributed by atoms with Crippen LogP contribution in [0.5, 0.6) is 0 Å². The molecule has 0 unspecified atom stereocenters. The number of rotatable bonds is 4. The van der Waals surface area contributed by atoms with Crippen LogP contribution >= 0.6 is 12.2 Å². The number of thiocarbonyl (C=S) groups is 1. The Morgan fingerprint density at radius 3 is 2.31 bits per heavy atom. The molecule has 0 fully saturated rings. The Bertz CT molecular complexity index is 1150. The van der Waals surface area contributed by atoms with Crippen molar-refractivity contribution in [2.45, 2.75) is 6.42 Å². The molecule has 1 aromatic heterocycles. The van der Waals surface area contributed by atoms with Gasteiger partial charge in [-0.3, -0.25) is 15.1 Å². The predicted octanol–water partition coefficient (Wildman–Crippen LogP) is 4.95. The van der Waals surface area contributed by atoms with E-state index < -0.39 is 0 Å². The zero-order valence-electron chi connectivity index (χ0n) is 15.6. The first-order valence-electron chi connectivity index (χ1n) is 9.27. The Morgan fingerprint density at radius 1 is 0.828 bits per heavy atom. The van der Waals surface area contributed by atoms with Crippen molar-refractivity contribution in [2.75, 3.05) is 5.32 Å². The summed E-state index contributed by atoms with van der Waals surface area (Å²) >= 11 is 5.32. The van der Waals surface area contributed by atoms with E-state index in [0.717, 1.165) is 22.9 Å². The molecule has 4 rings (SSSR count). The summed E-state index contributed by atoms with van der Waals surface area (Å²) in [5, 5.41) is 8.02. The summed E-state index contributed by atoms with van der Waals surface area (Å²) in [5.41, 5.74) is 3.82. The first kappa shape index (κ1) is 18.8. The summed E-state index contributed by atoms with van der Waals surface area (Å²) in [6, 6.07) is 25.4. The predicted molar refractivity (Wildman–Crippen MR) is 121 cm³/mol. The fourth-order valence-corrected chi connectivity index (χ4v) is 3.41. The molecule has 3 aromatic carbocycles. The lowest BCUT2D eigenvalue weighted by Gasteiger charge is -2.11. The van der Waals surface area contributed by atoms with Crippen molar-refractivity contribution in [2.24, 2.45) is 0 Å². The quantitative estimate of drug-likeness (QED) is 0.478. The molecule has 1 heterocycles. The zero-order chi connectivity index (χ0) is 20.1. The summed E-state index contributed by atoms with van der Waals surface area (Å²) in [6.07, 6.45) is 4.43. The zero-order valence-corrected chi connectivity index (χ0v) is 16.4. The molecule has 0 atom stereocenters. The number of hydrogen-bond donors (Lipinski definition) is 2. The Labute approximate surface area is 174 Å². The van der Waals surface area contributed by atoms with Gasteiger partial charge in [0, 0.05) is 23.6 Å². The van der Waals surface area contributed by atoms with Gasteiger partial charge in [0.1, 0.15) is 0 Å². The molecule has 0 radical (unpaired) electrons. The van der Waals surface area contributed by atoms with Gasteiger partial charge in [-0.15, -0.1) is 0 Å². The number of nitrogens with one attached hydrogen (secondary N) is 2. The first-order chi connectivity index (χ1) is 14.2. The average Bonchev–Trinajstić information content (AvgIpc) is 2.75. The highest BCUT2D eigenvalue weighted by atomic mass is 32.1. The normalized spacial score (nSPS) is 10.5. The molecule has 4 nitrogen and oxygen atoms in total. The number of hydrogen-bond acceptors (Lipinski definition) is 3. The smallest absolute Gasteiger partial charge is 0.258 e. The maximum atomic E-state index is 12.7. The van der Waals surface area contributed by atoms with E-state index in [9.17, 15) is 4.79 Å². The Hall–Kier alpha value is -3.57. The second-order valence-electron chi connectivity index (χ2n) is 6.66. The fraction of sp³-hybridized carbons (Fsp3) is 0.0417. The lowest BCUT2D eigenvalue weighted by atomic mass is 10.0. The van der Waals surface area contributed by atoms with Gasteiger partial charge in [0.15, 0.2) is 5.11 Å². The second-order valence-corrected chi connectivity index (χ2v) is 7.07. The number of carbonyl (C=O) groups excluding carboxylic acids is 1. The van der Waals surface area contributed by atoms with Gasteiger partial charge >= 0.3 is 0 Å². The van der Waals surface area contributed by atoms with Crippen LogP contribution in [0.25, 0.3) is 10.8 Å². The number of nitrogens with zero attached hydrogens (tertiary/aromatic N) is 1. The van der Waals surface area contributed by atoms with E-state index in [2.05, 4.69) is 15.6 Å². The van der Waals surface area contributed by atoms with E-state index in [-0.39, 0.29) is 11.0 Å². The first-order valence-corrected chi connectivity index (χ1v) is 9.68. The van der Waals surface area contributed by atoms with E-state index in [4.69, 9.17) is 12.2 Å². The van der Waals surface area contributed by atoms with Gasteiger partial charge in [0.05, 0.1) is 0 Å². The maximum absolute atomic E-state index is 12.7. The van der Waals surface area contributed by atoms with Crippen molar-refractivity contribution in [1.29, 1.82) is 0 Å². The topological polar surface area (TPSA) is 54.0 Å². The molecular weight excluding hydrogens is 378 g/mol. The van der Waals surface area contributed by atoms with Crippen molar-refractivity contribution in [3.05, 3.63) is 108 Å². The molecule has 5 heteroatoms. The fourth-order valence-electron chi connectivity index (χ4n) is 3.20. The number of carbonyl (C=O) groups is 1. The summed E-state index contributed by atoms with van der Waals surface area (Å²) in [6.45, 7) is 0. The number of fused-ring (bicyclic) bond motifs is 1. The molecule has 0 aliphatic carbocycles. The summed E-state index contributed by atoms with van der Waals surface area (Å²) in [5.74, 6) is -0.228. The molecule has 2 N–H and O–H groups in total. The van der Waals surface area contributed by atoms with Gasteiger partial charge < -0.3 is 5.32 Å². The molecule has 29 heavy (non-hydrogen) atoms. The molecule has 0 aliphatic heterocycles. The van der Waals surface area contributed by atoms with E-state index >= 15 is 0 Å². The highest BCUT2D eigenvalue weighted by molar-refractivity contribution is 7.80. The van der Waals surface area contributed by atoms with Crippen LogP contribution in [0.3, 0.4) is 0 Å². The van der Waals surface area contributed by atoms with Crippen LogP contribution in [0.1, 0.15) is 21.5 Å². The molecule has 142 valence electrons. The van der Waals surface area contributed by atoms with E-state index in [1.807, 2.05) is 72.8 Å². The van der Waals surface area contributed by atoms with Gasteiger partial charge in [-0.1, -0.05) is 48.5 Å². The van der Waals surface area contributed by atoms with Gasteiger partial charge in [-0.25, -0.2) is 0 Å². The third kappa shape index (κ3) is 4.65. The molecule has 0 saturated heterocycles. The van der Waals surface area contributed by atoms with Crippen molar-refractivity contribution in [1.82, 2.24) is 10.3 Å². The highest BCUT2D eigenvalue weighted by Crippen LogP contribution is 2.18. The van der Waals surface area contributed by atoms with Gasteiger partial charge in [0.2, 0.25) is 0 Å². The molecule has 4 aromatic rings. The minimum atomic E-state index is -0.228. The van der Waals surface area contributed by atoms with Crippen molar-refractivity contribution >= 4 is 39.7 Å². The van der Waals surface area contributed by atoms with E-state index in [1.54, 1.807) is 18.5 Å². The van der Waals surface area contributed by atoms with E-state index in [1.165, 1.54) is 11.1 Å². The molecule has 0 aliphatic rings. The number of amides is 1. The van der Waals surface area contributed by atoms with Crippen LogP contribution in [0, 0.1) is 0 Å². The molecular formula is C24H19N3OS. The van der Waals surface area contributed by atoms with Crippen LogP contribution < -0.4 is 10.6 Å². The van der Waals surface area contributed by atoms with Crippen molar-refractivity contribution in [3.63, 3.8) is 0 Å². The Kier molecular flexibility index (Phi) is 5.59. The standard InChI is InChI=1S/C24H19N3OS/c28-23(22-7-3-5-19-4-1-2-6-21(19)22)27-24(29)26-20-10-8-17(9-11-20)16-18-12-14-25-15-13-18/h1-15H,16H2,(H2,26,27,28,29). The van der Waals surface area contributed by atoms with Crippen molar-refractivity contribution < 1.29 is 4.79 Å². The van der Waals surface area contributed by atoms with Crippen LogP contribution in [0.4, 0.5) is 5.69 Å². The molecule has 1 amide bonds. The third-order valence-electron chi connectivity index (χ3n) is 4.63. The third-order valence-corrected chi connectivity index (χ3v) is 4.83. The maximum Gasteiger partial charge on any atom is 0.258 e. The lowest BCUT2D eigenvalue weighted by Crippen LogP contribution is -2.34. The number of benzene rings is 3. The Morgan fingerprint density at radius 2 is 1.52 bits per heavy atom. The minimum Gasteiger partial charge on any atom is -0.332 e. The summed E-state index contributed by atoms with van der Waals surface area (Å²) in [4.78, 5) is 16.7. The summed E-state index contributed by atoms with van der Waals surface area (Å²) < 4.78 is 0. The summed E-state index contributed by atoms with van der Waals surface area (Å²) in [7, 11) is 0. The lowest BCUT2D eigenvalue weighted by molar-refractivity contribution is 0.0979. The van der Waals surface area contributed by atoms with Gasteiger partial charge in [-0.2, -0.15) is 0 Å². The monoisotopic (exact) mass is 397 g/mol. The van der Waals surface area contributed by atoms with Crippen LogP contribution in [0.2, 0.25) is 0 Å². The van der Waals surface area contributed by atoms with Crippen LogP contribution in [0.15, 0.2) is 91.3 Å². The molecule has 0 bridgehead atoms. The van der Waals surface area contributed by atoms with Crippen LogP contribution in [-0.4, -0.2) is 16.0 Å². The number of anilines is 1.